The van der Waals surface area contributed by atoms with Gasteiger partial charge in [0.15, 0.2) is 0 Å². The number of rotatable bonds is 0. The average Bonchev–Trinajstić information content (AvgIpc) is 2.92. The van der Waals surface area contributed by atoms with E-state index >= 15 is 0 Å². The molecule has 0 aliphatic heterocycles. The molecule has 0 N–H and O–H groups in total. The molecule has 0 heteroatoms. The van der Waals surface area contributed by atoms with Crippen LogP contribution < -0.4 is 0 Å². The maximum Gasteiger partial charge on any atom is 0.0744 e. The summed E-state index contributed by atoms with van der Waals surface area (Å²) in [6, 6.07) is 0. The lowest BCUT2D eigenvalue weighted by Gasteiger charge is -1.96. The molecule has 0 nitrogen and oxygen atoms in total. The third-order valence-electron chi connectivity index (χ3n) is 5.81. The molecule has 1 aliphatic rings. The summed E-state index contributed by atoms with van der Waals surface area (Å²) in [7, 11) is 0. The van der Waals surface area contributed by atoms with Crippen molar-refractivity contribution >= 4 is 0 Å². The van der Waals surface area contributed by atoms with E-state index in [1.54, 1.807) is 0 Å². The summed E-state index contributed by atoms with van der Waals surface area (Å²) in [6.07, 6.45) is 0. The molecule has 0 fully saturated rings. The predicted molar refractivity (Wildman–Crippen MR) is 191 cm³/mol. The lowest BCUT2D eigenvalue weighted by Crippen LogP contribution is -1.86. The highest BCUT2D eigenvalue weighted by atomic mass is 14.0. The van der Waals surface area contributed by atoms with Gasteiger partial charge in [-0.25, -0.2) is 0 Å². The van der Waals surface area contributed by atoms with E-state index in [9.17, 15) is 0 Å². The molecule has 0 bridgehead atoms. The van der Waals surface area contributed by atoms with Crippen molar-refractivity contribution in [3.63, 3.8) is 0 Å². The number of allylic oxidation sites excluding steroid dienone is 14. The molecule has 0 amide bonds. The normalized spacial score (nSPS) is 12.5. The van der Waals surface area contributed by atoms with Crippen LogP contribution in [0.25, 0.3) is 0 Å². The Kier molecular flexibility index (Phi) is 15.2. The smallest absolute Gasteiger partial charge is 0.0522 e. The Bertz CT molecular complexity index is 1810. The fourth-order valence-corrected chi connectivity index (χ4v) is 2.91. The molecule has 0 saturated carbocycles. The zero-order valence-corrected chi connectivity index (χ0v) is 29.0. The number of hydrogen-bond acceptors (Lipinski definition) is 0. The van der Waals surface area contributed by atoms with Crippen LogP contribution in [0.1, 0.15) is 96.9 Å². The monoisotopic (exact) mass is 570 g/mol. The Labute approximate surface area is 269 Å². The van der Waals surface area contributed by atoms with Crippen LogP contribution in [-0.4, -0.2) is 0 Å². The lowest BCUT2D eigenvalue weighted by atomic mass is 10.1. The molecule has 0 spiro atoms. The molecule has 218 valence electrons. The first-order valence-corrected chi connectivity index (χ1v) is 14.5. The molecular weight excluding hydrogens is 528 g/mol. The van der Waals surface area contributed by atoms with Crippen LogP contribution in [0.15, 0.2) is 78.0 Å². The standard InChI is InChI=1S/C44H42/c1-31(2)38-17-15-16-18-39(32(3)4)20-22-41(34(7)8)24-26-43(36(11)12)28-30-44(37(13)14)29-27-42(35(9)10)25-23-40(21-19-38)33(5)6/h1-14H3. The van der Waals surface area contributed by atoms with Crippen molar-refractivity contribution in [2.75, 3.05) is 0 Å². The molecule has 0 heterocycles. The molecule has 0 aromatic rings. The van der Waals surface area contributed by atoms with E-state index in [-0.39, 0.29) is 0 Å². The summed E-state index contributed by atoms with van der Waals surface area (Å²) in [4.78, 5) is 0. The van der Waals surface area contributed by atoms with Gasteiger partial charge < -0.3 is 0 Å². The minimum atomic E-state index is 0.717. The Hall–Kier alpha value is -5.34. The van der Waals surface area contributed by atoms with Gasteiger partial charge in [-0.2, -0.15) is 0 Å². The zero-order valence-electron chi connectivity index (χ0n) is 29.0. The SMILES string of the molecule is CC(C)=C1C#CC#CC(=C(C)C)C#CC(=C(C)C)C#CC(=C(C)C)C#CC(=C(C)C)C#CC(=C(C)C)C#CC(=C(C)C)C#C1. The molecule has 0 unspecified atom stereocenters. The molecule has 1 aliphatic carbocycles. The van der Waals surface area contributed by atoms with Crippen molar-refractivity contribution in [2.24, 2.45) is 0 Å². The summed E-state index contributed by atoms with van der Waals surface area (Å²) in [5, 5.41) is 0. The van der Waals surface area contributed by atoms with Gasteiger partial charge in [-0.1, -0.05) is 110 Å². The second kappa shape index (κ2) is 18.3. The van der Waals surface area contributed by atoms with Crippen molar-refractivity contribution in [3.8, 4) is 94.7 Å². The average molecular weight is 571 g/mol. The van der Waals surface area contributed by atoms with Gasteiger partial charge in [0, 0.05) is 0 Å². The van der Waals surface area contributed by atoms with Gasteiger partial charge in [0.25, 0.3) is 0 Å². The highest BCUT2D eigenvalue weighted by Crippen LogP contribution is 2.10. The van der Waals surface area contributed by atoms with Crippen LogP contribution in [0.2, 0.25) is 0 Å². The third kappa shape index (κ3) is 13.1. The van der Waals surface area contributed by atoms with Gasteiger partial charge >= 0.3 is 0 Å². The molecular formula is C44H42. The van der Waals surface area contributed by atoms with Crippen molar-refractivity contribution in [1.29, 1.82) is 0 Å². The number of hydrogen-bond donors (Lipinski definition) is 0. The van der Waals surface area contributed by atoms with Gasteiger partial charge in [-0.3, -0.25) is 0 Å². The van der Waals surface area contributed by atoms with Crippen LogP contribution >= 0.6 is 0 Å². The van der Waals surface area contributed by atoms with Crippen LogP contribution in [0.3, 0.4) is 0 Å². The second-order valence-electron chi connectivity index (χ2n) is 11.6. The quantitative estimate of drug-likeness (QED) is 0.255. The fraction of sp³-hybridized carbons (Fsp3) is 0.318. The van der Waals surface area contributed by atoms with Crippen molar-refractivity contribution in [1.82, 2.24) is 0 Å². The highest BCUT2D eigenvalue weighted by Gasteiger charge is 1.99. The molecule has 0 radical (unpaired) electrons. The van der Waals surface area contributed by atoms with Crippen molar-refractivity contribution < 1.29 is 0 Å². The van der Waals surface area contributed by atoms with Crippen molar-refractivity contribution in [2.45, 2.75) is 96.9 Å². The molecule has 0 aromatic heterocycles. The maximum absolute atomic E-state index is 3.26. The summed E-state index contributed by atoms with van der Waals surface area (Å²) in [5.41, 5.74) is 12.3. The van der Waals surface area contributed by atoms with E-state index in [4.69, 9.17) is 0 Å². The van der Waals surface area contributed by atoms with Crippen LogP contribution in [0.5, 0.6) is 0 Å². The second-order valence-corrected chi connectivity index (χ2v) is 11.6. The first-order valence-electron chi connectivity index (χ1n) is 14.5. The lowest BCUT2D eigenvalue weighted by molar-refractivity contribution is 1.35. The first kappa shape index (κ1) is 36.7. The summed E-state index contributed by atoms with van der Waals surface area (Å²) < 4.78 is 0. The van der Waals surface area contributed by atoms with E-state index < -0.39 is 0 Å². The highest BCUT2D eigenvalue weighted by molar-refractivity contribution is 5.63. The zero-order chi connectivity index (χ0) is 33.4. The molecule has 0 saturated heterocycles. The Balaban J connectivity index is 4.20. The molecule has 0 aromatic carbocycles. The van der Waals surface area contributed by atoms with Crippen LogP contribution in [0, 0.1) is 94.7 Å². The van der Waals surface area contributed by atoms with E-state index in [0.29, 0.717) is 11.1 Å². The molecule has 1 rings (SSSR count). The molecule has 44 heavy (non-hydrogen) atoms. The Morgan fingerprint density at radius 2 is 0.318 bits per heavy atom. The Morgan fingerprint density at radius 3 is 0.432 bits per heavy atom. The van der Waals surface area contributed by atoms with Gasteiger partial charge in [-0.15, -0.1) is 0 Å². The topological polar surface area (TPSA) is 0 Å². The minimum Gasteiger partial charge on any atom is -0.0522 e. The van der Waals surface area contributed by atoms with Crippen molar-refractivity contribution in [3.05, 3.63) is 78.0 Å². The van der Waals surface area contributed by atoms with E-state index in [1.807, 2.05) is 96.9 Å². The van der Waals surface area contributed by atoms with Crippen LogP contribution in [0.4, 0.5) is 0 Å². The van der Waals surface area contributed by atoms with Crippen LogP contribution in [-0.2, 0) is 0 Å². The van der Waals surface area contributed by atoms with E-state index in [1.165, 1.54) is 0 Å². The Morgan fingerprint density at radius 1 is 0.205 bits per heavy atom. The van der Waals surface area contributed by atoms with Gasteiger partial charge in [-0.05, 0) is 121 Å². The first-order chi connectivity index (χ1) is 20.6. The summed E-state index contributed by atoms with van der Waals surface area (Å²) >= 11 is 0. The van der Waals surface area contributed by atoms with Gasteiger partial charge in [0.1, 0.15) is 0 Å². The fourth-order valence-electron chi connectivity index (χ4n) is 2.91. The predicted octanol–water partition coefficient (Wildman–Crippen LogP) is 9.38. The van der Waals surface area contributed by atoms with Gasteiger partial charge in [0.2, 0.25) is 0 Å². The maximum atomic E-state index is 3.26. The summed E-state index contributed by atoms with van der Waals surface area (Å²) in [5.74, 6) is 51.1. The molecule has 0 atom stereocenters. The van der Waals surface area contributed by atoms with Gasteiger partial charge in [0.05, 0.1) is 39.0 Å². The third-order valence-corrected chi connectivity index (χ3v) is 5.81. The minimum absolute atomic E-state index is 0.717. The van der Waals surface area contributed by atoms with E-state index in [0.717, 1.165) is 66.9 Å². The largest absolute Gasteiger partial charge is 0.0744 e. The van der Waals surface area contributed by atoms with E-state index in [2.05, 4.69) is 94.7 Å². The summed E-state index contributed by atoms with van der Waals surface area (Å²) in [6.45, 7) is 28.0.